The molecule has 3 unspecified atom stereocenters. The van der Waals surface area contributed by atoms with Gasteiger partial charge in [0, 0.05) is 25.7 Å². The van der Waals surface area contributed by atoms with Crippen molar-refractivity contribution in [2.45, 2.75) is 420 Å². The lowest BCUT2D eigenvalue weighted by atomic mass is 10.0. The van der Waals surface area contributed by atoms with Gasteiger partial charge in [-0.05, 0) is 49.4 Å². The number of phosphoric ester groups is 2. The molecule has 0 aromatic carbocycles. The van der Waals surface area contributed by atoms with Crippen molar-refractivity contribution in [2.24, 2.45) is 23.7 Å². The van der Waals surface area contributed by atoms with Crippen molar-refractivity contribution in [1.82, 2.24) is 0 Å². The van der Waals surface area contributed by atoms with Crippen LogP contribution in [0.25, 0.3) is 0 Å². The molecule has 0 bridgehead atoms. The lowest BCUT2D eigenvalue weighted by Crippen LogP contribution is -2.30. The SMILES string of the molecule is CC(C)CCCCCCCCCCCCCCCCCCCCC(=O)O[C@H](COC(=O)CCCCCCCCCC(C)C)COP(=O)(O)OCC(O)COP(=O)(O)OC[C@@H](COC(=O)CCCCCCCCCCCCCC(C)C)OC(=O)CCCCCCCCCCCCC(C)C. The van der Waals surface area contributed by atoms with Gasteiger partial charge in [-0.15, -0.1) is 0 Å². The summed E-state index contributed by atoms with van der Waals surface area (Å²) in [5.41, 5.74) is 0. The Morgan fingerprint density at radius 2 is 0.429 bits per heavy atom. The number of carbonyl (C=O) groups excluding carboxylic acids is 4. The molecule has 0 aromatic heterocycles. The summed E-state index contributed by atoms with van der Waals surface area (Å²) in [6.45, 7) is 14.2. The van der Waals surface area contributed by atoms with Crippen molar-refractivity contribution >= 4 is 39.5 Å². The first kappa shape index (κ1) is 96.1. The van der Waals surface area contributed by atoms with E-state index in [0.717, 1.165) is 114 Å². The number of esters is 4. The number of rotatable bonds is 76. The van der Waals surface area contributed by atoms with Gasteiger partial charge in [-0.3, -0.25) is 37.3 Å². The van der Waals surface area contributed by atoms with Crippen molar-refractivity contribution in [1.29, 1.82) is 0 Å². The first-order valence-electron chi connectivity index (χ1n) is 40.7. The van der Waals surface area contributed by atoms with Gasteiger partial charge in [-0.1, -0.05) is 351 Å². The largest absolute Gasteiger partial charge is 0.472 e. The first-order chi connectivity index (χ1) is 47.1. The molecule has 17 nitrogen and oxygen atoms in total. The van der Waals surface area contributed by atoms with Crippen LogP contribution in [0, 0.1) is 23.7 Å². The Labute approximate surface area is 600 Å². The van der Waals surface area contributed by atoms with Crippen LogP contribution in [0.3, 0.4) is 0 Å². The maximum atomic E-state index is 13.1. The van der Waals surface area contributed by atoms with Crippen LogP contribution in [-0.4, -0.2) is 96.7 Å². The molecule has 0 saturated heterocycles. The number of ether oxygens (including phenoxy) is 4. The zero-order valence-corrected chi connectivity index (χ0v) is 66.2. The molecule has 0 aliphatic heterocycles. The Kier molecular flexibility index (Phi) is 66.8. The van der Waals surface area contributed by atoms with Gasteiger partial charge in [-0.2, -0.15) is 0 Å². The van der Waals surface area contributed by atoms with Crippen molar-refractivity contribution in [3.05, 3.63) is 0 Å². The third kappa shape index (κ3) is 72.4. The van der Waals surface area contributed by atoms with E-state index in [9.17, 15) is 43.2 Å². The molecule has 0 saturated carbocycles. The highest BCUT2D eigenvalue weighted by molar-refractivity contribution is 7.47. The molecule has 19 heteroatoms. The Morgan fingerprint density at radius 1 is 0.255 bits per heavy atom. The van der Waals surface area contributed by atoms with Crippen LogP contribution < -0.4 is 0 Å². The second-order valence-corrected chi connectivity index (χ2v) is 33.3. The summed E-state index contributed by atoms with van der Waals surface area (Å²) in [6, 6.07) is 0. The third-order valence-electron chi connectivity index (χ3n) is 18.3. The maximum Gasteiger partial charge on any atom is 0.472 e. The number of carbonyl (C=O) groups is 4. The van der Waals surface area contributed by atoms with E-state index in [1.807, 2.05) is 0 Å². The Balaban J connectivity index is 5.20. The Bertz CT molecular complexity index is 1920. The number of aliphatic hydroxyl groups excluding tert-OH is 1. The molecule has 582 valence electrons. The molecule has 0 radical (unpaired) electrons. The number of hydrogen-bond donors (Lipinski definition) is 3. The molecular weight excluding hydrogens is 1280 g/mol. The highest BCUT2D eigenvalue weighted by atomic mass is 31.2. The third-order valence-corrected chi connectivity index (χ3v) is 20.2. The van der Waals surface area contributed by atoms with Gasteiger partial charge in [0.05, 0.1) is 26.4 Å². The molecule has 0 aromatic rings. The Hall–Kier alpha value is -1.94. The average molecular weight is 1440 g/mol. The standard InChI is InChI=1S/C79H154O17P2/c1-69(2)55-47-39-31-24-18-15-13-11-9-10-12-14-16-20-28-36-45-53-61-78(83)96-75(66-90-77(82)60-52-44-38-30-34-42-50-58-72(7)8)68-94-98(87,88)92-64-73(80)63-91-97(85,86)93-67-74(95-79(84)62-54-46-37-29-23-22-26-33-41-49-57-71(5)6)65-89-76(81)59-51-43-35-27-21-17-19-25-32-40-48-56-70(3)4/h69-75,80H,9-68H2,1-8H3,(H,85,86)(H,87,88)/t73?,74-,75-/m1/s1. The van der Waals surface area contributed by atoms with Crippen molar-refractivity contribution in [2.75, 3.05) is 39.6 Å². The first-order valence-corrected chi connectivity index (χ1v) is 43.7. The second kappa shape index (κ2) is 68.2. The van der Waals surface area contributed by atoms with Gasteiger partial charge >= 0.3 is 39.5 Å². The fourth-order valence-corrected chi connectivity index (χ4v) is 13.7. The molecule has 0 heterocycles. The van der Waals surface area contributed by atoms with Gasteiger partial charge in [0.1, 0.15) is 19.3 Å². The minimum Gasteiger partial charge on any atom is -0.462 e. The van der Waals surface area contributed by atoms with Crippen molar-refractivity contribution < 1.29 is 80.2 Å². The van der Waals surface area contributed by atoms with E-state index in [0.29, 0.717) is 31.6 Å². The zero-order chi connectivity index (χ0) is 72.4. The predicted octanol–water partition coefficient (Wildman–Crippen LogP) is 23.2. The topological polar surface area (TPSA) is 237 Å². The number of phosphoric acid groups is 2. The van der Waals surface area contributed by atoms with Crippen LogP contribution in [0.15, 0.2) is 0 Å². The fraction of sp³-hybridized carbons (Fsp3) is 0.949. The summed E-state index contributed by atoms with van der Waals surface area (Å²) in [6.07, 6.45) is 54.3. The van der Waals surface area contributed by atoms with E-state index in [2.05, 4.69) is 55.4 Å². The van der Waals surface area contributed by atoms with E-state index in [1.54, 1.807) is 0 Å². The average Bonchev–Trinajstić information content (AvgIpc) is 0.999. The summed E-state index contributed by atoms with van der Waals surface area (Å²) in [5.74, 6) is 0.930. The molecule has 98 heavy (non-hydrogen) atoms. The van der Waals surface area contributed by atoms with Crippen LogP contribution in [0.5, 0.6) is 0 Å². The normalized spacial score (nSPS) is 14.1. The monoisotopic (exact) mass is 1440 g/mol. The highest BCUT2D eigenvalue weighted by Gasteiger charge is 2.30. The molecule has 3 N–H and O–H groups in total. The zero-order valence-electron chi connectivity index (χ0n) is 64.4. The smallest absolute Gasteiger partial charge is 0.462 e. The second-order valence-electron chi connectivity index (χ2n) is 30.4. The van der Waals surface area contributed by atoms with Crippen LogP contribution in [0.1, 0.15) is 402 Å². The lowest BCUT2D eigenvalue weighted by molar-refractivity contribution is -0.161. The van der Waals surface area contributed by atoms with Crippen molar-refractivity contribution in [3.63, 3.8) is 0 Å². The van der Waals surface area contributed by atoms with Crippen molar-refractivity contribution in [3.8, 4) is 0 Å². The molecule has 0 aliphatic rings. The van der Waals surface area contributed by atoms with Crippen LogP contribution in [0.2, 0.25) is 0 Å². The van der Waals surface area contributed by atoms with Crippen LogP contribution >= 0.6 is 15.6 Å². The van der Waals surface area contributed by atoms with E-state index in [4.69, 9.17) is 37.0 Å². The van der Waals surface area contributed by atoms with Gasteiger partial charge in [0.2, 0.25) is 0 Å². The van der Waals surface area contributed by atoms with Crippen LogP contribution in [0.4, 0.5) is 0 Å². The minimum absolute atomic E-state index is 0.105. The van der Waals surface area contributed by atoms with E-state index >= 15 is 0 Å². The van der Waals surface area contributed by atoms with E-state index < -0.39 is 97.5 Å². The molecule has 0 rings (SSSR count). The lowest BCUT2D eigenvalue weighted by Gasteiger charge is -2.21. The van der Waals surface area contributed by atoms with Gasteiger partial charge in [0.25, 0.3) is 0 Å². The van der Waals surface area contributed by atoms with E-state index in [1.165, 1.54) is 199 Å². The quantitative estimate of drug-likeness (QED) is 0.0222. The fourth-order valence-electron chi connectivity index (χ4n) is 12.1. The maximum absolute atomic E-state index is 13.1. The Morgan fingerprint density at radius 3 is 0.633 bits per heavy atom. The molecular formula is C79H154O17P2. The minimum atomic E-state index is -4.96. The predicted molar refractivity (Wildman–Crippen MR) is 400 cm³/mol. The molecule has 0 fully saturated rings. The molecule has 0 aliphatic carbocycles. The van der Waals surface area contributed by atoms with Gasteiger partial charge in [0.15, 0.2) is 12.2 Å². The van der Waals surface area contributed by atoms with Gasteiger partial charge in [-0.25, -0.2) is 9.13 Å². The highest BCUT2D eigenvalue weighted by Crippen LogP contribution is 2.45. The van der Waals surface area contributed by atoms with Crippen LogP contribution in [-0.2, 0) is 65.4 Å². The number of hydrogen-bond acceptors (Lipinski definition) is 15. The summed E-state index contributed by atoms with van der Waals surface area (Å²) >= 11 is 0. The summed E-state index contributed by atoms with van der Waals surface area (Å²) < 4.78 is 68.6. The summed E-state index contributed by atoms with van der Waals surface area (Å²) in [7, 11) is -9.92. The number of unbranched alkanes of at least 4 members (excludes halogenated alkanes) is 42. The molecule has 5 atom stereocenters. The van der Waals surface area contributed by atoms with Gasteiger partial charge < -0.3 is 33.8 Å². The summed E-state index contributed by atoms with van der Waals surface area (Å²) in [4.78, 5) is 72.9. The molecule has 0 amide bonds. The molecule has 0 spiro atoms. The number of aliphatic hydroxyl groups is 1. The summed E-state index contributed by atoms with van der Waals surface area (Å²) in [5, 5.41) is 10.6. The van der Waals surface area contributed by atoms with E-state index in [-0.39, 0.29) is 25.7 Å².